The number of likely N-dealkylation sites (tertiary alicyclic amines) is 1. The molecular formula is C24H36N2O2. The van der Waals surface area contributed by atoms with Crippen molar-refractivity contribution in [2.75, 3.05) is 19.6 Å². The third kappa shape index (κ3) is 5.36. The van der Waals surface area contributed by atoms with Crippen LogP contribution in [0.2, 0.25) is 0 Å². The van der Waals surface area contributed by atoms with E-state index >= 15 is 0 Å². The highest BCUT2D eigenvalue weighted by atomic mass is 16.5. The molecule has 154 valence electrons. The number of hydrogen-bond acceptors (Lipinski definition) is 3. The van der Waals surface area contributed by atoms with E-state index in [9.17, 15) is 4.79 Å². The Balaban J connectivity index is 1.16. The number of carbonyl (C=O) groups is 1. The van der Waals surface area contributed by atoms with Crippen molar-refractivity contribution in [3.05, 3.63) is 35.4 Å². The Labute approximate surface area is 170 Å². The van der Waals surface area contributed by atoms with E-state index in [2.05, 4.69) is 34.5 Å². The van der Waals surface area contributed by atoms with Gasteiger partial charge in [0.1, 0.15) is 0 Å². The summed E-state index contributed by atoms with van der Waals surface area (Å²) in [5.41, 5.74) is 2.72. The highest BCUT2D eigenvalue weighted by molar-refractivity contribution is 5.76. The van der Waals surface area contributed by atoms with Crippen molar-refractivity contribution in [1.82, 2.24) is 10.2 Å². The van der Waals surface area contributed by atoms with E-state index in [1.54, 1.807) is 0 Å². The molecule has 0 spiro atoms. The summed E-state index contributed by atoms with van der Waals surface area (Å²) in [5, 5.41) is 3.29. The van der Waals surface area contributed by atoms with Gasteiger partial charge in [0.05, 0.1) is 18.2 Å². The van der Waals surface area contributed by atoms with Crippen LogP contribution in [0.15, 0.2) is 24.3 Å². The molecular weight excluding hydrogens is 348 g/mol. The van der Waals surface area contributed by atoms with E-state index < -0.39 is 0 Å². The first kappa shape index (κ1) is 19.9. The zero-order chi connectivity index (χ0) is 19.2. The monoisotopic (exact) mass is 384 g/mol. The van der Waals surface area contributed by atoms with E-state index in [4.69, 9.17) is 4.74 Å². The predicted molar refractivity (Wildman–Crippen MR) is 112 cm³/mol. The number of nitrogens with one attached hydrogen (secondary N) is 1. The maximum atomic E-state index is 12.5. The molecule has 0 radical (unpaired) electrons. The maximum Gasteiger partial charge on any atom is 0.221 e. The van der Waals surface area contributed by atoms with Crippen LogP contribution in [-0.4, -0.2) is 42.6 Å². The minimum atomic E-state index is 0.197. The number of fused-ring (bicyclic) bond motifs is 1. The molecule has 3 aliphatic rings. The number of piperidine rings is 1. The quantitative estimate of drug-likeness (QED) is 0.791. The fraction of sp³-hybridized carbons (Fsp3) is 0.708. The summed E-state index contributed by atoms with van der Waals surface area (Å²) in [6.45, 7) is 3.00. The SMILES string of the molecule is O=C(CCN1CCC(OC2CCCCC2)CC1)NC1CCCc2ccccc21. The molecule has 1 saturated carbocycles. The zero-order valence-corrected chi connectivity index (χ0v) is 17.2. The van der Waals surface area contributed by atoms with Crippen molar-refractivity contribution in [3.63, 3.8) is 0 Å². The highest BCUT2D eigenvalue weighted by Crippen LogP contribution is 2.29. The average molecular weight is 385 g/mol. The van der Waals surface area contributed by atoms with Crippen LogP contribution < -0.4 is 5.32 Å². The van der Waals surface area contributed by atoms with Gasteiger partial charge in [-0.05, 0) is 56.1 Å². The largest absolute Gasteiger partial charge is 0.375 e. The molecule has 1 heterocycles. The van der Waals surface area contributed by atoms with Crippen LogP contribution in [0, 0.1) is 0 Å². The predicted octanol–water partition coefficient (Wildman–Crippen LogP) is 4.38. The van der Waals surface area contributed by atoms with Crippen LogP contribution in [0.3, 0.4) is 0 Å². The Morgan fingerprint density at radius 2 is 1.71 bits per heavy atom. The van der Waals surface area contributed by atoms with E-state index in [-0.39, 0.29) is 11.9 Å². The number of aryl methyl sites for hydroxylation is 1. The highest BCUT2D eigenvalue weighted by Gasteiger charge is 2.25. The van der Waals surface area contributed by atoms with Crippen LogP contribution in [0.1, 0.15) is 81.4 Å². The molecule has 28 heavy (non-hydrogen) atoms. The van der Waals surface area contributed by atoms with E-state index in [1.165, 1.54) is 43.2 Å². The summed E-state index contributed by atoms with van der Waals surface area (Å²) in [7, 11) is 0. The summed E-state index contributed by atoms with van der Waals surface area (Å²) in [6.07, 6.45) is 13.7. The Hall–Kier alpha value is -1.39. The number of benzene rings is 1. The Kier molecular flexibility index (Phi) is 7.03. The maximum absolute atomic E-state index is 12.5. The smallest absolute Gasteiger partial charge is 0.221 e. The lowest BCUT2D eigenvalue weighted by Crippen LogP contribution is -2.41. The fourth-order valence-corrected chi connectivity index (χ4v) is 5.17. The van der Waals surface area contributed by atoms with Gasteiger partial charge in [-0.15, -0.1) is 0 Å². The van der Waals surface area contributed by atoms with Crippen molar-refractivity contribution in [2.24, 2.45) is 0 Å². The van der Waals surface area contributed by atoms with Gasteiger partial charge in [-0.25, -0.2) is 0 Å². The molecule has 4 nitrogen and oxygen atoms in total. The van der Waals surface area contributed by atoms with Crippen LogP contribution >= 0.6 is 0 Å². The molecule has 0 bridgehead atoms. The molecule has 0 aromatic heterocycles. The molecule has 4 rings (SSSR count). The van der Waals surface area contributed by atoms with Gasteiger partial charge in [0.2, 0.25) is 5.91 Å². The summed E-state index contributed by atoms with van der Waals surface area (Å²) < 4.78 is 6.33. The molecule has 1 amide bonds. The van der Waals surface area contributed by atoms with Gasteiger partial charge < -0.3 is 15.0 Å². The third-order valence-corrected chi connectivity index (χ3v) is 6.83. The number of nitrogens with zero attached hydrogens (tertiary/aromatic N) is 1. The topological polar surface area (TPSA) is 41.6 Å². The summed E-state index contributed by atoms with van der Waals surface area (Å²) in [6, 6.07) is 8.77. The van der Waals surface area contributed by atoms with Crippen LogP contribution in [0.25, 0.3) is 0 Å². The van der Waals surface area contributed by atoms with Gasteiger partial charge in [-0.2, -0.15) is 0 Å². The lowest BCUT2D eigenvalue weighted by atomic mass is 9.87. The second-order valence-electron chi connectivity index (χ2n) is 8.90. The van der Waals surface area contributed by atoms with Crippen molar-refractivity contribution >= 4 is 5.91 Å². The van der Waals surface area contributed by atoms with Gasteiger partial charge in [0.15, 0.2) is 0 Å². The molecule has 4 heteroatoms. The number of rotatable bonds is 6. The Morgan fingerprint density at radius 3 is 2.54 bits per heavy atom. The number of hydrogen-bond donors (Lipinski definition) is 1. The molecule has 1 saturated heterocycles. The van der Waals surface area contributed by atoms with Crippen molar-refractivity contribution in [2.45, 2.75) is 88.9 Å². The van der Waals surface area contributed by atoms with Gasteiger partial charge in [0, 0.05) is 26.1 Å². The molecule has 1 N–H and O–H groups in total. The molecule has 1 atom stereocenters. The first-order valence-corrected chi connectivity index (χ1v) is 11.5. The summed E-state index contributed by atoms with van der Waals surface area (Å²) >= 11 is 0. The molecule has 2 aliphatic carbocycles. The van der Waals surface area contributed by atoms with Gasteiger partial charge in [-0.1, -0.05) is 43.5 Å². The lowest BCUT2D eigenvalue weighted by Gasteiger charge is -2.35. The Bertz CT molecular complexity index is 633. The second kappa shape index (κ2) is 9.89. The number of ether oxygens (including phenoxy) is 1. The average Bonchev–Trinajstić information content (AvgIpc) is 2.74. The standard InChI is InChI=1S/C24H36N2O2/c27-24(25-23-12-6-8-19-7-4-5-11-22(19)23)15-18-26-16-13-21(14-17-26)28-20-9-2-1-3-10-20/h4-5,7,11,20-21,23H,1-3,6,8-10,12-18H2,(H,25,27). The molecule has 1 aliphatic heterocycles. The first-order valence-electron chi connectivity index (χ1n) is 11.5. The van der Waals surface area contributed by atoms with Gasteiger partial charge in [-0.3, -0.25) is 4.79 Å². The first-order chi connectivity index (χ1) is 13.8. The van der Waals surface area contributed by atoms with E-state index in [0.717, 1.165) is 51.7 Å². The molecule has 1 unspecified atom stereocenters. The molecule has 1 aromatic carbocycles. The van der Waals surface area contributed by atoms with Gasteiger partial charge in [0.25, 0.3) is 0 Å². The van der Waals surface area contributed by atoms with Crippen molar-refractivity contribution in [3.8, 4) is 0 Å². The minimum Gasteiger partial charge on any atom is -0.375 e. The third-order valence-electron chi connectivity index (χ3n) is 6.83. The second-order valence-corrected chi connectivity index (χ2v) is 8.90. The fourth-order valence-electron chi connectivity index (χ4n) is 5.17. The van der Waals surface area contributed by atoms with Crippen LogP contribution in [0.4, 0.5) is 0 Å². The van der Waals surface area contributed by atoms with Crippen LogP contribution in [0.5, 0.6) is 0 Å². The number of amides is 1. The van der Waals surface area contributed by atoms with E-state index in [0.29, 0.717) is 18.6 Å². The zero-order valence-electron chi connectivity index (χ0n) is 17.2. The van der Waals surface area contributed by atoms with Crippen molar-refractivity contribution in [1.29, 1.82) is 0 Å². The number of carbonyl (C=O) groups excluding carboxylic acids is 1. The van der Waals surface area contributed by atoms with E-state index in [1.807, 2.05) is 0 Å². The summed E-state index contributed by atoms with van der Waals surface area (Å²) in [5.74, 6) is 0.197. The lowest BCUT2D eigenvalue weighted by molar-refractivity contribution is -0.122. The van der Waals surface area contributed by atoms with Crippen molar-refractivity contribution < 1.29 is 9.53 Å². The molecule has 2 fully saturated rings. The van der Waals surface area contributed by atoms with Crippen LogP contribution in [-0.2, 0) is 16.0 Å². The minimum absolute atomic E-state index is 0.197. The summed E-state index contributed by atoms with van der Waals surface area (Å²) in [4.78, 5) is 15.0. The Morgan fingerprint density at radius 1 is 0.964 bits per heavy atom. The molecule has 1 aromatic rings. The van der Waals surface area contributed by atoms with Gasteiger partial charge >= 0.3 is 0 Å². The normalized spacial score (nSPS) is 24.6.